The molecule has 120 valence electrons. The fourth-order valence-electron chi connectivity index (χ4n) is 0.427. The summed E-state index contributed by atoms with van der Waals surface area (Å²) in [5.41, 5.74) is -0.222. The molecule has 0 aliphatic rings. The molecule has 0 amide bonds. The van der Waals surface area contributed by atoms with Crippen molar-refractivity contribution >= 4 is 17.9 Å². The van der Waals surface area contributed by atoms with E-state index in [-0.39, 0.29) is 11.5 Å². The molecule has 0 saturated carbocycles. The van der Waals surface area contributed by atoms with E-state index in [2.05, 4.69) is 24.5 Å². The third-order valence-corrected chi connectivity index (χ3v) is 1.31. The summed E-state index contributed by atoms with van der Waals surface area (Å²) in [6, 6.07) is 0. The van der Waals surface area contributed by atoms with Crippen LogP contribution >= 0.6 is 0 Å². The number of hydrogen-bond acceptors (Lipinski definition) is 5. The lowest BCUT2D eigenvalue weighted by molar-refractivity contribution is -0.148. The molecule has 0 spiro atoms. The van der Waals surface area contributed by atoms with E-state index in [1.807, 2.05) is 20.8 Å². The normalized spacial score (nSPS) is 8.62. The number of methoxy groups -OCH3 is 1. The zero-order chi connectivity index (χ0) is 17.6. The van der Waals surface area contributed by atoms with Gasteiger partial charge in [0.1, 0.15) is 5.60 Å². The van der Waals surface area contributed by atoms with Crippen LogP contribution in [0, 0.1) is 0 Å². The Balaban J connectivity index is -0.000000240. The minimum atomic E-state index is -0.935. The molecule has 0 atom stereocenters. The van der Waals surface area contributed by atoms with Crippen LogP contribution in [0.2, 0.25) is 0 Å². The Morgan fingerprint density at radius 1 is 1.05 bits per heavy atom. The molecule has 0 aromatic rings. The largest absolute Gasteiger partial charge is 0.478 e. The molecule has 0 fully saturated rings. The minimum absolute atomic E-state index is 0.176. The molecule has 0 saturated heterocycles. The Morgan fingerprint density at radius 3 is 1.43 bits per heavy atom. The highest BCUT2D eigenvalue weighted by Crippen LogP contribution is 2.06. The Morgan fingerprint density at radius 2 is 1.38 bits per heavy atom. The maximum Gasteiger partial charge on any atom is 0.330 e. The maximum absolute atomic E-state index is 10.5. The number of carbonyl (C=O) groups is 3. The van der Waals surface area contributed by atoms with Gasteiger partial charge in [0, 0.05) is 17.7 Å². The van der Waals surface area contributed by atoms with Crippen molar-refractivity contribution in [2.24, 2.45) is 0 Å². The van der Waals surface area contributed by atoms with Gasteiger partial charge in [0.25, 0.3) is 0 Å². The summed E-state index contributed by atoms with van der Waals surface area (Å²) >= 11 is 0. The van der Waals surface area contributed by atoms with Crippen LogP contribution in [0.15, 0.2) is 37.5 Å². The van der Waals surface area contributed by atoms with Crippen LogP contribution in [0.25, 0.3) is 0 Å². The SMILES string of the molecule is C=C(C)C(=O)O.C=CC(=O)OC.C=CC(=O)OC(C)(C)C. The van der Waals surface area contributed by atoms with Crippen molar-refractivity contribution in [1.29, 1.82) is 0 Å². The van der Waals surface area contributed by atoms with Crippen molar-refractivity contribution in [2.75, 3.05) is 7.11 Å². The third kappa shape index (κ3) is 27.0. The average Bonchev–Trinajstić information content (AvgIpc) is 2.37. The van der Waals surface area contributed by atoms with Crippen LogP contribution in [-0.4, -0.2) is 35.7 Å². The molecule has 6 heteroatoms. The minimum Gasteiger partial charge on any atom is -0.478 e. The highest BCUT2D eigenvalue weighted by atomic mass is 16.6. The number of carbonyl (C=O) groups excluding carboxylic acids is 2. The molecule has 0 aliphatic heterocycles. The lowest BCUT2D eigenvalue weighted by Gasteiger charge is -2.17. The molecule has 0 rings (SSSR count). The lowest BCUT2D eigenvalue weighted by atomic mass is 10.2. The maximum atomic E-state index is 10.5. The molecule has 0 aromatic heterocycles. The first-order valence-corrected chi connectivity index (χ1v) is 5.85. The van der Waals surface area contributed by atoms with Crippen LogP contribution < -0.4 is 0 Å². The molecule has 6 nitrogen and oxygen atoms in total. The van der Waals surface area contributed by atoms with E-state index in [1.165, 1.54) is 14.0 Å². The van der Waals surface area contributed by atoms with Crippen molar-refractivity contribution in [1.82, 2.24) is 0 Å². The molecule has 0 radical (unpaired) electrons. The van der Waals surface area contributed by atoms with Crippen LogP contribution in [-0.2, 0) is 23.9 Å². The molecule has 1 N–H and O–H groups in total. The van der Waals surface area contributed by atoms with E-state index >= 15 is 0 Å². The first-order valence-electron chi connectivity index (χ1n) is 5.85. The quantitative estimate of drug-likeness (QED) is 0.636. The highest BCUT2D eigenvalue weighted by molar-refractivity contribution is 5.84. The summed E-state index contributed by atoms with van der Waals surface area (Å²) in [7, 11) is 1.31. The Labute approximate surface area is 125 Å². The summed E-state index contributed by atoms with van der Waals surface area (Å²) in [6.07, 6.45) is 2.27. The average molecular weight is 300 g/mol. The van der Waals surface area contributed by atoms with Gasteiger partial charge < -0.3 is 14.6 Å². The molecule has 21 heavy (non-hydrogen) atoms. The first-order chi connectivity index (χ1) is 9.41. The second kappa shape index (κ2) is 12.7. The van der Waals surface area contributed by atoms with Gasteiger partial charge in [-0.25, -0.2) is 14.4 Å². The van der Waals surface area contributed by atoms with Gasteiger partial charge in [-0.15, -0.1) is 0 Å². The summed E-state index contributed by atoms with van der Waals surface area (Å²) in [5.74, 6) is -1.70. The van der Waals surface area contributed by atoms with Crippen LogP contribution in [0.4, 0.5) is 0 Å². The topological polar surface area (TPSA) is 89.9 Å². The third-order valence-electron chi connectivity index (χ3n) is 1.31. The second-order valence-corrected chi connectivity index (χ2v) is 4.55. The van der Waals surface area contributed by atoms with Crippen molar-refractivity contribution in [3.05, 3.63) is 37.5 Å². The monoisotopic (exact) mass is 300 g/mol. The van der Waals surface area contributed by atoms with Crippen molar-refractivity contribution in [3.63, 3.8) is 0 Å². The zero-order valence-electron chi connectivity index (χ0n) is 13.3. The van der Waals surface area contributed by atoms with Gasteiger partial charge in [-0.1, -0.05) is 19.7 Å². The number of rotatable bonds is 3. The standard InChI is InChI=1S/C7H12O2.2C4H6O2/c1-5-6(8)9-7(2,3)4;1-3-4(5)6-2;1-3(2)4(5)6/h5H,1H2,2-4H3;3H,1H2,2H3;1H2,2H3,(H,5,6). The lowest BCUT2D eigenvalue weighted by Crippen LogP contribution is -2.22. The molecular formula is C15H24O6. The number of carboxylic acid groups (broad SMARTS) is 1. The molecule has 0 aromatic carbocycles. The second-order valence-electron chi connectivity index (χ2n) is 4.55. The van der Waals surface area contributed by atoms with Gasteiger partial charge in [-0.3, -0.25) is 0 Å². The molecule has 0 unspecified atom stereocenters. The molecule has 0 bridgehead atoms. The Hall–Kier alpha value is -2.37. The van der Waals surface area contributed by atoms with Crippen LogP contribution in [0.1, 0.15) is 27.7 Å². The number of hydrogen-bond donors (Lipinski definition) is 1. The van der Waals surface area contributed by atoms with E-state index in [1.54, 1.807) is 0 Å². The van der Waals surface area contributed by atoms with E-state index in [0.29, 0.717) is 0 Å². The number of ether oxygens (including phenoxy) is 2. The number of aliphatic carboxylic acids is 1. The van der Waals surface area contributed by atoms with Gasteiger partial charge in [-0.05, 0) is 27.7 Å². The predicted molar refractivity (Wildman–Crippen MR) is 80.7 cm³/mol. The van der Waals surface area contributed by atoms with Crippen molar-refractivity contribution in [3.8, 4) is 0 Å². The van der Waals surface area contributed by atoms with E-state index in [0.717, 1.165) is 12.2 Å². The molecular weight excluding hydrogens is 276 g/mol. The molecule has 0 aliphatic carbocycles. The van der Waals surface area contributed by atoms with Gasteiger partial charge in [-0.2, -0.15) is 0 Å². The zero-order valence-corrected chi connectivity index (χ0v) is 13.3. The van der Waals surface area contributed by atoms with Gasteiger partial charge in [0.15, 0.2) is 0 Å². The Bertz CT molecular complexity index is 373. The van der Waals surface area contributed by atoms with E-state index < -0.39 is 17.5 Å². The summed E-state index contributed by atoms with van der Waals surface area (Å²) in [4.78, 5) is 29.9. The van der Waals surface area contributed by atoms with Gasteiger partial charge >= 0.3 is 17.9 Å². The van der Waals surface area contributed by atoms with E-state index in [9.17, 15) is 14.4 Å². The van der Waals surface area contributed by atoms with Crippen molar-refractivity contribution < 1.29 is 29.0 Å². The number of esters is 2. The fourth-order valence-corrected chi connectivity index (χ4v) is 0.427. The summed E-state index contributed by atoms with van der Waals surface area (Å²) < 4.78 is 8.97. The molecule has 0 heterocycles. The first kappa shape index (κ1) is 23.7. The summed E-state index contributed by atoms with van der Waals surface area (Å²) in [5, 5.41) is 7.89. The summed E-state index contributed by atoms with van der Waals surface area (Å²) in [6.45, 7) is 16.5. The highest BCUT2D eigenvalue weighted by Gasteiger charge is 2.12. The van der Waals surface area contributed by atoms with Gasteiger partial charge in [0.05, 0.1) is 7.11 Å². The Kier molecular flexibility index (Phi) is 14.3. The number of carboxylic acids is 1. The smallest absolute Gasteiger partial charge is 0.330 e. The van der Waals surface area contributed by atoms with E-state index in [4.69, 9.17) is 9.84 Å². The fraction of sp³-hybridized carbons (Fsp3) is 0.400. The van der Waals surface area contributed by atoms with Crippen LogP contribution in [0.3, 0.4) is 0 Å². The van der Waals surface area contributed by atoms with Crippen LogP contribution in [0.5, 0.6) is 0 Å². The van der Waals surface area contributed by atoms with Gasteiger partial charge in [0.2, 0.25) is 0 Å². The predicted octanol–water partition coefficient (Wildman–Crippen LogP) is 2.51. The van der Waals surface area contributed by atoms with Crippen molar-refractivity contribution in [2.45, 2.75) is 33.3 Å².